The number of piperazine rings is 1. The summed E-state index contributed by atoms with van der Waals surface area (Å²) in [5.41, 5.74) is 6.04. The highest BCUT2D eigenvalue weighted by Crippen LogP contribution is 2.20. The third-order valence-electron chi connectivity index (χ3n) is 3.38. The summed E-state index contributed by atoms with van der Waals surface area (Å²) in [5, 5.41) is 0.855. The van der Waals surface area contributed by atoms with Gasteiger partial charge in [0.25, 0.3) is 5.91 Å². The maximum Gasteiger partial charge on any atom is 0.254 e. The topological polar surface area (TPSA) is 66.6 Å². The predicted octanol–water partition coefficient (Wildman–Crippen LogP) is 1.63. The Morgan fingerprint density at radius 2 is 1.52 bits per heavy atom. The Hall–Kier alpha value is -1.30. The first kappa shape index (κ1) is 16.1. The third kappa shape index (κ3) is 3.87. The normalized spacial score (nSPS) is 16.8. The highest BCUT2D eigenvalue weighted by atomic mass is 35.5. The van der Waals surface area contributed by atoms with Crippen LogP contribution in [-0.2, 0) is 4.79 Å². The van der Waals surface area contributed by atoms with Gasteiger partial charge in [-0.1, -0.05) is 23.2 Å². The van der Waals surface area contributed by atoms with Gasteiger partial charge in [-0.05, 0) is 25.1 Å². The van der Waals surface area contributed by atoms with Gasteiger partial charge in [-0.25, -0.2) is 0 Å². The van der Waals surface area contributed by atoms with E-state index in [1.54, 1.807) is 34.9 Å². The van der Waals surface area contributed by atoms with Gasteiger partial charge < -0.3 is 15.5 Å². The molecule has 0 aliphatic carbocycles. The number of hydrogen-bond donors (Lipinski definition) is 1. The molecule has 7 heteroatoms. The van der Waals surface area contributed by atoms with Gasteiger partial charge in [-0.15, -0.1) is 0 Å². The van der Waals surface area contributed by atoms with E-state index in [4.69, 9.17) is 28.9 Å². The van der Waals surface area contributed by atoms with Crippen LogP contribution in [0.1, 0.15) is 17.3 Å². The lowest BCUT2D eigenvalue weighted by Gasteiger charge is -2.35. The molecule has 21 heavy (non-hydrogen) atoms. The molecule has 2 amide bonds. The molecular formula is C14H17Cl2N3O2. The van der Waals surface area contributed by atoms with Gasteiger partial charge in [0.1, 0.15) is 0 Å². The lowest BCUT2D eigenvalue weighted by Crippen LogP contribution is -2.53. The van der Waals surface area contributed by atoms with Crippen LogP contribution in [0.3, 0.4) is 0 Å². The maximum absolute atomic E-state index is 12.4. The van der Waals surface area contributed by atoms with Gasteiger partial charge in [-0.3, -0.25) is 9.59 Å². The molecule has 0 saturated carbocycles. The number of carbonyl (C=O) groups is 2. The van der Waals surface area contributed by atoms with Crippen molar-refractivity contribution in [2.45, 2.75) is 13.0 Å². The van der Waals surface area contributed by atoms with E-state index in [9.17, 15) is 9.59 Å². The number of amides is 2. The smallest absolute Gasteiger partial charge is 0.254 e. The van der Waals surface area contributed by atoms with E-state index in [-0.39, 0.29) is 11.8 Å². The molecule has 1 aromatic carbocycles. The minimum atomic E-state index is -0.515. The van der Waals surface area contributed by atoms with Crippen molar-refractivity contribution in [2.75, 3.05) is 26.2 Å². The zero-order chi connectivity index (χ0) is 15.6. The van der Waals surface area contributed by atoms with E-state index in [0.29, 0.717) is 41.8 Å². The van der Waals surface area contributed by atoms with Crippen LogP contribution < -0.4 is 5.73 Å². The van der Waals surface area contributed by atoms with Crippen LogP contribution >= 0.6 is 23.2 Å². The van der Waals surface area contributed by atoms with Crippen molar-refractivity contribution in [3.05, 3.63) is 33.8 Å². The fourth-order valence-corrected chi connectivity index (χ4v) is 2.80. The lowest BCUT2D eigenvalue weighted by molar-refractivity contribution is -0.133. The number of hydrogen-bond acceptors (Lipinski definition) is 3. The van der Waals surface area contributed by atoms with E-state index in [0.717, 1.165) is 0 Å². The molecule has 1 atom stereocenters. The minimum absolute atomic E-state index is 0.0899. The van der Waals surface area contributed by atoms with Crippen molar-refractivity contribution in [3.8, 4) is 0 Å². The summed E-state index contributed by atoms with van der Waals surface area (Å²) in [7, 11) is 0. The fraction of sp³-hybridized carbons (Fsp3) is 0.429. The van der Waals surface area contributed by atoms with E-state index >= 15 is 0 Å². The Bertz CT molecular complexity index is 535. The van der Waals surface area contributed by atoms with Crippen LogP contribution in [0.15, 0.2) is 18.2 Å². The van der Waals surface area contributed by atoms with Gasteiger partial charge >= 0.3 is 0 Å². The zero-order valence-electron chi connectivity index (χ0n) is 11.7. The van der Waals surface area contributed by atoms with Crippen molar-refractivity contribution in [2.24, 2.45) is 5.73 Å². The van der Waals surface area contributed by atoms with Gasteiger partial charge in [-0.2, -0.15) is 0 Å². The van der Waals surface area contributed by atoms with Crippen LogP contribution in [0, 0.1) is 0 Å². The van der Waals surface area contributed by atoms with Gasteiger partial charge in [0.15, 0.2) is 0 Å². The number of carbonyl (C=O) groups excluding carboxylic acids is 2. The van der Waals surface area contributed by atoms with Gasteiger partial charge in [0.2, 0.25) is 5.91 Å². The molecule has 1 heterocycles. The minimum Gasteiger partial charge on any atom is -0.338 e. The summed E-state index contributed by atoms with van der Waals surface area (Å²) in [6, 6.07) is 4.25. The molecule has 5 nitrogen and oxygen atoms in total. The van der Waals surface area contributed by atoms with Crippen molar-refractivity contribution in [1.82, 2.24) is 9.80 Å². The number of rotatable bonds is 2. The highest BCUT2D eigenvalue weighted by molar-refractivity contribution is 6.35. The standard InChI is InChI=1S/C14H17Cl2N3O2/c1-9(17)13(20)18-2-4-19(5-3-18)14(21)10-6-11(15)8-12(16)7-10/h6-9H,2-5,17H2,1H3. The Labute approximate surface area is 133 Å². The Morgan fingerprint density at radius 3 is 2.00 bits per heavy atom. The van der Waals surface area contributed by atoms with E-state index in [1.807, 2.05) is 0 Å². The number of halogens is 2. The predicted molar refractivity (Wildman–Crippen MR) is 82.6 cm³/mol. The molecule has 2 N–H and O–H groups in total. The summed E-state index contributed by atoms with van der Waals surface area (Å²) in [4.78, 5) is 27.6. The zero-order valence-corrected chi connectivity index (χ0v) is 13.2. The second kappa shape index (κ2) is 6.64. The molecule has 1 aromatic rings. The first-order valence-corrected chi connectivity index (χ1v) is 7.44. The van der Waals surface area contributed by atoms with Crippen LogP contribution in [0.4, 0.5) is 0 Å². The molecule has 0 aromatic heterocycles. The lowest BCUT2D eigenvalue weighted by atomic mass is 10.1. The molecule has 1 aliphatic heterocycles. The molecule has 0 radical (unpaired) electrons. The molecule has 114 valence electrons. The summed E-state index contributed by atoms with van der Waals surface area (Å²) in [6.45, 7) is 3.58. The average molecular weight is 330 g/mol. The number of nitrogens with two attached hydrogens (primary N) is 1. The van der Waals surface area contributed by atoms with Crippen molar-refractivity contribution in [1.29, 1.82) is 0 Å². The SMILES string of the molecule is CC(N)C(=O)N1CCN(C(=O)c2cc(Cl)cc(Cl)c2)CC1. The molecular weight excluding hydrogens is 313 g/mol. The van der Waals surface area contributed by atoms with Crippen LogP contribution in [0.2, 0.25) is 10.0 Å². The fourth-order valence-electron chi connectivity index (χ4n) is 2.28. The third-order valence-corrected chi connectivity index (χ3v) is 3.81. The largest absolute Gasteiger partial charge is 0.338 e. The quantitative estimate of drug-likeness (QED) is 0.896. The van der Waals surface area contributed by atoms with Crippen molar-refractivity contribution >= 4 is 35.0 Å². The van der Waals surface area contributed by atoms with E-state index < -0.39 is 6.04 Å². The Morgan fingerprint density at radius 1 is 1.05 bits per heavy atom. The highest BCUT2D eigenvalue weighted by Gasteiger charge is 2.26. The van der Waals surface area contributed by atoms with Crippen molar-refractivity contribution in [3.63, 3.8) is 0 Å². The van der Waals surface area contributed by atoms with Crippen molar-refractivity contribution < 1.29 is 9.59 Å². The summed E-state index contributed by atoms with van der Waals surface area (Å²) >= 11 is 11.8. The molecule has 1 saturated heterocycles. The van der Waals surface area contributed by atoms with Crippen LogP contribution in [0.5, 0.6) is 0 Å². The van der Waals surface area contributed by atoms with E-state index in [2.05, 4.69) is 0 Å². The second-order valence-corrected chi connectivity index (χ2v) is 5.94. The number of benzene rings is 1. The van der Waals surface area contributed by atoms with Crippen LogP contribution in [-0.4, -0.2) is 53.8 Å². The monoisotopic (exact) mass is 329 g/mol. The maximum atomic E-state index is 12.4. The summed E-state index contributed by atoms with van der Waals surface area (Å²) < 4.78 is 0. The van der Waals surface area contributed by atoms with Crippen LogP contribution in [0.25, 0.3) is 0 Å². The van der Waals surface area contributed by atoms with Gasteiger partial charge in [0, 0.05) is 41.8 Å². The van der Waals surface area contributed by atoms with E-state index in [1.165, 1.54) is 0 Å². The molecule has 1 fully saturated rings. The Balaban J connectivity index is 2.02. The Kier molecular flexibility index (Phi) is 5.08. The first-order chi connectivity index (χ1) is 9.88. The summed E-state index contributed by atoms with van der Waals surface area (Å²) in [5.74, 6) is -0.222. The van der Waals surface area contributed by atoms with Gasteiger partial charge in [0.05, 0.1) is 6.04 Å². The average Bonchev–Trinajstić information content (AvgIpc) is 2.44. The number of nitrogens with zero attached hydrogens (tertiary/aromatic N) is 2. The molecule has 1 aliphatic rings. The molecule has 1 unspecified atom stereocenters. The molecule has 0 spiro atoms. The first-order valence-electron chi connectivity index (χ1n) is 6.68. The second-order valence-electron chi connectivity index (χ2n) is 5.06. The summed E-state index contributed by atoms with van der Waals surface area (Å²) in [6.07, 6.45) is 0. The molecule has 2 rings (SSSR count). The molecule has 0 bridgehead atoms.